The van der Waals surface area contributed by atoms with Gasteiger partial charge >= 0.3 is 12.3 Å². The molecule has 7 heteroatoms. The maximum absolute atomic E-state index is 11.9. The van der Waals surface area contributed by atoms with Gasteiger partial charge in [-0.2, -0.15) is 0 Å². The Morgan fingerprint density at radius 3 is 1.77 bits per heavy atom. The van der Waals surface area contributed by atoms with E-state index in [1.54, 1.807) is 27.7 Å². The Balaban J connectivity index is 2.44. The van der Waals surface area contributed by atoms with E-state index in [-0.39, 0.29) is 13.2 Å². The Morgan fingerprint density at radius 1 is 0.885 bits per heavy atom. The second-order valence-corrected chi connectivity index (χ2v) is 5.52. The van der Waals surface area contributed by atoms with Gasteiger partial charge in [0, 0.05) is 0 Å². The van der Waals surface area contributed by atoms with Crippen LogP contribution >= 0.6 is 0 Å². The summed E-state index contributed by atoms with van der Waals surface area (Å²) < 4.78 is 20.6. The van der Waals surface area contributed by atoms with Crippen molar-refractivity contribution in [3.8, 4) is 0 Å². The second kappa shape index (κ2) is 8.94. The van der Waals surface area contributed by atoms with Gasteiger partial charge in [0.15, 0.2) is 0 Å². The molecule has 1 aromatic rings. The Morgan fingerprint density at radius 2 is 1.35 bits per heavy atom. The van der Waals surface area contributed by atoms with Gasteiger partial charge < -0.3 is 24.3 Å². The van der Waals surface area contributed by atoms with Gasteiger partial charge in [-0.25, -0.2) is 9.59 Å². The summed E-state index contributed by atoms with van der Waals surface area (Å²) in [6.07, 6.45) is -1.64. The molecule has 0 radical (unpaired) electrons. The molecular formula is C19H23NO6. The fourth-order valence-electron chi connectivity index (χ4n) is 2.65. The van der Waals surface area contributed by atoms with E-state index in [4.69, 9.17) is 18.9 Å². The van der Waals surface area contributed by atoms with Gasteiger partial charge in [0.1, 0.15) is 17.4 Å². The summed E-state index contributed by atoms with van der Waals surface area (Å²) in [6, 6.07) is 9.30. The largest absolute Gasteiger partial charge is 0.513 e. The van der Waals surface area contributed by atoms with Crippen LogP contribution in [0, 0.1) is 0 Å². The Bertz CT molecular complexity index is 681. The highest BCUT2D eigenvalue weighted by molar-refractivity contribution is 5.65. The number of carbonyl (C=O) groups excluding carboxylic acids is 2. The molecule has 0 unspecified atom stereocenters. The number of rotatable bonds is 5. The standard InChI is InChI=1S/C19H23NO6/c1-5-23-18(21)25-16-12(3)20-13(4)17(26-19(22)24-6-2)15(16)14-10-8-7-9-11-14/h7-11,15,20H,5-6H2,1-4H3. The fraction of sp³-hybridized carbons (Fsp3) is 0.368. The zero-order valence-corrected chi connectivity index (χ0v) is 15.3. The number of nitrogens with one attached hydrogen (secondary N) is 1. The van der Waals surface area contributed by atoms with Gasteiger partial charge in [-0.05, 0) is 33.3 Å². The molecule has 0 fully saturated rings. The van der Waals surface area contributed by atoms with Crippen molar-refractivity contribution < 1.29 is 28.5 Å². The molecule has 1 aliphatic heterocycles. The first-order valence-electron chi connectivity index (χ1n) is 8.40. The van der Waals surface area contributed by atoms with Crippen LogP contribution in [-0.4, -0.2) is 25.5 Å². The topological polar surface area (TPSA) is 83.1 Å². The molecule has 1 heterocycles. The Kier molecular flexibility index (Phi) is 6.66. The number of allylic oxidation sites excluding steroid dienone is 2. The molecule has 140 valence electrons. The van der Waals surface area contributed by atoms with Crippen LogP contribution in [0.3, 0.4) is 0 Å². The van der Waals surface area contributed by atoms with Crippen molar-refractivity contribution in [1.82, 2.24) is 5.32 Å². The lowest BCUT2D eigenvalue weighted by Gasteiger charge is -2.30. The highest BCUT2D eigenvalue weighted by Crippen LogP contribution is 2.39. The highest BCUT2D eigenvalue weighted by atomic mass is 16.7. The third-order valence-electron chi connectivity index (χ3n) is 3.68. The molecular weight excluding hydrogens is 338 g/mol. The van der Waals surface area contributed by atoms with Crippen molar-refractivity contribution in [1.29, 1.82) is 0 Å². The van der Waals surface area contributed by atoms with Crippen molar-refractivity contribution in [2.45, 2.75) is 33.6 Å². The van der Waals surface area contributed by atoms with Crippen LogP contribution in [0.5, 0.6) is 0 Å². The van der Waals surface area contributed by atoms with Gasteiger partial charge in [-0.3, -0.25) is 0 Å². The van der Waals surface area contributed by atoms with E-state index in [9.17, 15) is 9.59 Å². The summed E-state index contributed by atoms with van der Waals surface area (Å²) in [7, 11) is 0. The fourth-order valence-corrected chi connectivity index (χ4v) is 2.65. The molecule has 0 aromatic heterocycles. The summed E-state index contributed by atoms with van der Waals surface area (Å²) in [5, 5.41) is 3.07. The molecule has 1 aliphatic rings. The SMILES string of the molecule is CCOC(=O)OC1=C(C)NC(C)=C(OC(=O)OCC)C1c1ccccc1. The number of dihydropyridines is 1. The predicted octanol–water partition coefficient (Wildman–Crippen LogP) is 4.18. The average Bonchev–Trinajstić information content (AvgIpc) is 2.60. The van der Waals surface area contributed by atoms with Crippen LogP contribution < -0.4 is 5.32 Å². The number of benzene rings is 1. The lowest BCUT2D eigenvalue weighted by atomic mass is 9.90. The molecule has 1 N–H and O–H groups in total. The molecule has 2 rings (SSSR count). The van der Waals surface area contributed by atoms with E-state index in [1.807, 2.05) is 30.3 Å². The first kappa shape index (κ1) is 19.4. The number of ether oxygens (including phenoxy) is 4. The second-order valence-electron chi connectivity index (χ2n) is 5.52. The first-order chi connectivity index (χ1) is 12.5. The molecule has 0 spiro atoms. The summed E-state index contributed by atoms with van der Waals surface area (Å²) in [5.41, 5.74) is 2.05. The summed E-state index contributed by atoms with van der Waals surface area (Å²) in [6.45, 7) is 7.31. The van der Waals surface area contributed by atoms with Crippen LogP contribution in [0.25, 0.3) is 0 Å². The third kappa shape index (κ3) is 4.56. The van der Waals surface area contributed by atoms with Gasteiger partial charge in [0.25, 0.3) is 0 Å². The van der Waals surface area contributed by atoms with E-state index in [2.05, 4.69) is 5.32 Å². The minimum atomic E-state index is -0.820. The van der Waals surface area contributed by atoms with E-state index < -0.39 is 18.2 Å². The van der Waals surface area contributed by atoms with E-state index in [0.29, 0.717) is 22.9 Å². The molecule has 0 saturated carbocycles. The van der Waals surface area contributed by atoms with Crippen LogP contribution in [0.2, 0.25) is 0 Å². The average molecular weight is 361 g/mol. The quantitative estimate of drug-likeness (QED) is 0.788. The normalized spacial score (nSPS) is 14.6. The highest BCUT2D eigenvalue weighted by Gasteiger charge is 2.35. The molecule has 0 bridgehead atoms. The molecule has 0 saturated heterocycles. The lowest BCUT2D eigenvalue weighted by Crippen LogP contribution is -2.29. The third-order valence-corrected chi connectivity index (χ3v) is 3.68. The van der Waals surface area contributed by atoms with E-state index in [1.165, 1.54) is 0 Å². The lowest BCUT2D eigenvalue weighted by molar-refractivity contribution is 0.0648. The van der Waals surface area contributed by atoms with Crippen molar-refractivity contribution in [2.75, 3.05) is 13.2 Å². The van der Waals surface area contributed by atoms with Gasteiger partial charge in [-0.15, -0.1) is 0 Å². The maximum atomic E-state index is 11.9. The molecule has 0 aliphatic carbocycles. The summed E-state index contributed by atoms with van der Waals surface area (Å²) in [5.74, 6) is 0.0189. The molecule has 1 aromatic carbocycles. The van der Waals surface area contributed by atoms with Gasteiger partial charge in [0.05, 0.1) is 24.6 Å². The summed E-state index contributed by atoms with van der Waals surface area (Å²) in [4.78, 5) is 23.8. The van der Waals surface area contributed by atoms with Crippen molar-refractivity contribution in [3.05, 3.63) is 58.8 Å². The van der Waals surface area contributed by atoms with Crippen LogP contribution in [0.15, 0.2) is 53.2 Å². The summed E-state index contributed by atoms with van der Waals surface area (Å²) >= 11 is 0. The minimum Gasteiger partial charge on any atom is -0.434 e. The number of hydrogen-bond acceptors (Lipinski definition) is 7. The number of hydrogen-bond donors (Lipinski definition) is 1. The predicted molar refractivity (Wildman–Crippen MR) is 93.9 cm³/mol. The Hall–Kier alpha value is -2.96. The van der Waals surface area contributed by atoms with Crippen molar-refractivity contribution in [3.63, 3.8) is 0 Å². The zero-order valence-electron chi connectivity index (χ0n) is 15.3. The first-order valence-corrected chi connectivity index (χ1v) is 8.40. The molecule has 0 atom stereocenters. The van der Waals surface area contributed by atoms with E-state index in [0.717, 1.165) is 5.56 Å². The van der Waals surface area contributed by atoms with Crippen molar-refractivity contribution in [2.24, 2.45) is 0 Å². The van der Waals surface area contributed by atoms with E-state index >= 15 is 0 Å². The minimum absolute atomic E-state index is 0.190. The zero-order chi connectivity index (χ0) is 19.1. The van der Waals surface area contributed by atoms with Gasteiger partial charge in [-0.1, -0.05) is 30.3 Å². The molecule has 7 nitrogen and oxygen atoms in total. The van der Waals surface area contributed by atoms with Crippen LogP contribution in [0.1, 0.15) is 39.2 Å². The molecule has 26 heavy (non-hydrogen) atoms. The van der Waals surface area contributed by atoms with Gasteiger partial charge in [0.2, 0.25) is 0 Å². The number of carbonyl (C=O) groups is 2. The molecule has 0 amide bonds. The van der Waals surface area contributed by atoms with Crippen LogP contribution in [0.4, 0.5) is 9.59 Å². The van der Waals surface area contributed by atoms with Crippen molar-refractivity contribution >= 4 is 12.3 Å². The van der Waals surface area contributed by atoms with Crippen LogP contribution in [-0.2, 0) is 18.9 Å². The monoisotopic (exact) mass is 361 g/mol. The Labute approximate surface area is 152 Å². The maximum Gasteiger partial charge on any atom is 0.513 e. The smallest absolute Gasteiger partial charge is 0.434 e.